The molecule has 0 spiro atoms. The Labute approximate surface area is 102 Å². The van der Waals surface area contributed by atoms with Crippen molar-refractivity contribution in [3.05, 3.63) is 0 Å². The van der Waals surface area contributed by atoms with E-state index in [9.17, 15) is 9.59 Å². The summed E-state index contributed by atoms with van der Waals surface area (Å²) in [4.78, 5) is 25.1. The highest BCUT2D eigenvalue weighted by atomic mass is 16.6. The lowest BCUT2D eigenvalue weighted by Gasteiger charge is -2.34. The Morgan fingerprint density at radius 3 is 2.59 bits per heavy atom. The molecule has 0 aromatic rings. The number of hydrogen-bond donors (Lipinski definition) is 0. The van der Waals surface area contributed by atoms with E-state index in [2.05, 4.69) is 0 Å². The maximum Gasteiger partial charge on any atom is 0.360 e. The van der Waals surface area contributed by atoms with E-state index in [0.29, 0.717) is 26.2 Å². The van der Waals surface area contributed by atoms with Crippen LogP contribution >= 0.6 is 0 Å². The van der Waals surface area contributed by atoms with Crippen LogP contribution in [0.1, 0.15) is 40.0 Å². The average Bonchev–Trinajstić information content (AvgIpc) is 2.71. The lowest BCUT2D eigenvalue weighted by atomic mass is 10.1. The number of rotatable bonds is 5. The van der Waals surface area contributed by atoms with Gasteiger partial charge in [-0.3, -0.25) is 4.79 Å². The fourth-order valence-electron chi connectivity index (χ4n) is 2.17. The standard InChI is InChI=1S/C12H21NO4/c1-4-9-16-11(15)12(17-5-2)7-6-8-13(12)10(3)14/h4-9H2,1-3H3/t12-/m1/s1. The molecule has 5 heteroatoms. The summed E-state index contributed by atoms with van der Waals surface area (Å²) in [7, 11) is 0. The Morgan fingerprint density at radius 2 is 2.06 bits per heavy atom. The van der Waals surface area contributed by atoms with Crippen molar-refractivity contribution >= 4 is 11.9 Å². The van der Waals surface area contributed by atoms with Gasteiger partial charge in [-0.25, -0.2) is 4.79 Å². The molecule has 5 nitrogen and oxygen atoms in total. The number of likely N-dealkylation sites (tertiary alicyclic amines) is 1. The molecule has 0 N–H and O–H groups in total. The minimum atomic E-state index is -1.18. The van der Waals surface area contributed by atoms with Crippen LogP contribution in [0, 0.1) is 0 Å². The topological polar surface area (TPSA) is 55.8 Å². The van der Waals surface area contributed by atoms with Crippen molar-refractivity contribution < 1.29 is 19.1 Å². The number of carbonyl (C=O) groups is 2. The van der Waals surface area contributed by atoms with E-state index in [-0.39, 0.29) is 5.91 Å². The maximum atomic E-state index is 12.1. The number of esters is 1. The van der Waals surface area contributed by atoms with Crippen LogP contribution in [0.5, 0.6) is 0 Å². The van der Waals surface area contributed by atoms with E-state index in [4.69, 9.17) is 9.47 Å². The maximum absolute atomic E-state index is 12.1. The van der Waals surface area contributed by atoms with Gasteiger partial charge < -0.3 is 14.4 Å². The Bertz CT molecular complexity index is 292. The monoisotopic (exact) mass is 243 g/mol. The minimum Gasteiger partial charge on any atom is -0.462 e. The predicted octanol–water partition coefficient (Wildman–Crippen LogP) is 1.31. The first-order chi connectivity index (χ1) is 8.08. The van der Waals surface area contributed by atoms with Gasteiger partial charge in [-0.05, 0) is 19.8 Å². The zero-order valence-electron chi connectivity index (χ0n) is 10.8. The lowest BCUT2D eigenvalue weighted by Crippen LogP contribution is -2.55. The van der Waals surface area contributed by atoms with Crippen molar-refractivity contribution in [1.29, 1.82) is 0 Å². The predicted molar refractivity (Wildman–Crippen MR) is 62.2 cm³/mol. The smallest absolute Gasteiger partial charge is 0.360 e. The van der Waals surface area contributed by atoms with Gasteiger partial charge in [0.15, 0.2) is 0 Å². The van der Waals surface area contributed by atoms with Crippen LogP contribution in [0.2, 0.25) is 0 Å². The summed E-state index contributed by atoms with van der Waals surface area (Å²) in [5, 5.41) is 0. The van der Waals surface area contributed by atoms with Gasteiger partial charge >= 0.3 is 5.97 Å². The highest BCUT2D eigenvalue weighted by Crippen LogP contribution is 2.32. The summed E-state index contributed by atoms with van der Waals surface area (Å²) in [6.45, 7) is 6.48. The Kier molecular flexibility index (Phi) is 4.93. The largest absolute Gasteiger partial charge is 0.462 e. The van der Waals surface area contributed by atoms with Gasteiger partial charge in [-0.1, -0.05) is 6.92 Å². The van der Waals surface area contributed by atoms with Crippen molar-refractivity contribution in [3.63, 3.8) is 0 Å². The number of ether oxygens (including phenoxy) is 2. The Hall–Kier alpha value is -1.10. The highest BCUT2D eigenvalue weighted by Gasteiger charge is 2.51. The molecule has 1 saturated heterocycles. The summed E-state index contributed by atoms with van der Waals surface area (Å²) < 4.78 is 10.7. The first-order valence-corrected chi connectivity index (χ1v) is 6.18. The minimum absolute atomic E-state index is 0.149. The third-order valence-corrected chi connectivity index (χ3v) is 2.85. The molecule has 1 aliphatic heterocycles. The molecule has 0 aromatic carbocycles. The van der Waals surface area contributed by atoms with Gasteiger partial charge in [0.05, 0.1) is 6.61 Å². The molecule has 1 fully saturated rings. The quantitative estimate of drug-likeness (QED) is 0.683. The molecule has 0 saturated carbocycles. The van der Waals surface area contributed by atoms with Crippen LogP contribution < -0.4 is 0 Å². The number of amides is 1. The van der Waals surface area contributed by atoms with Crippen LogP contribution in [0.15, 0.2) is 0 Å². The van der Waals surface area contributed by atoms with Crippen LogP contribution in [0.3, 0.4) is 0 Å². The molecule has 0 unspecified atom stereocenters. The molecule has 0 bridgehead atoms. The van der Waals surface area contributed by atoms with Crippen LogP contribution in [0.4, 0.5) is 0 Å². The van der Waals surface area contributed by atoms with Gasteiger partial charge in [-0.15, -0.1) is 0 Å². The van der Waals surface area contributed by atoms with Crippen LogP contribution in [-0.4, -0.2) is 42.3 Å². The number of carbonyl (C=O) groups excluding carboxylic acids is 2. The van der Waals surface area contributed by atoms with E-state index in [1.54, 1.807) is 0 Å². The van der Waals surface area contributed by atoms with Crippen molar-refractivity contribution in [2.75, 3.05) is 19.8 Å². The first kappa shape index (κ1) is 14.0. The second-order valence-corrected chi connectivity index (χ2v) is 4.13. The number of nitrogens with zero attached hydrogens (tertiary/aromatic N) is 1. The Balaban J connectivity index is 2.87. The third kappa shape index (κ3) is 2.77. The zero-order valence-corrected chi connectivity index (χ0v) is 10.8. The van der Waals surface area contributed by atoms with Crippen molar-refractivity contribution in [2.45, 2.75) is 45.8 Å². The second kappa shape index (κ2) is 6.00. The molecule has 0 radical (unpaired) electrons. The van der Waals surface area contributed by atoms with Crippen LogP contribution in [0.25, 0.3) is 0 Å². The van der Waals surface area contributed by atoms with Crippen molar-refractivity contribution in [1.82, 2.24) is 4.90 Å². The summed E-state index contributed by atoms with van der Waals surface area (Å²) >= 11 is 0. The van der Waals surface area contributed by atoms with Gasteiger partial charge in [0.25, 0.3) is 0 Å². The molecule has 1 atom stereocenters. The van der Waals surface area contributed by atoms with Gasteiger partial charge in [0, 0.05) is 26.5 Å². The van der Waals surface area contributed by atoms with Crippen LogP contribution in [-0.2, 0) is 19.1 Å². The second-order valence-electron chi connectivity index (χ2n) is 4.13. The van der Waals surface area contributed by atoms with Gasteiger partial charge in [0.2, 0.25) is 11.6 Å². The lowest BCUT2D eigenvalue weighted by molar-refractivity contribution is -0.198. The molecular weight excluding hydrogens is 222 g/mol. The van der Waals surface area contributed by atoms with E-state index < -0.39 is 11.7 Å². The molecule has 98 valence electrons. The van der Waals surface area contributed by atoms with E-state index in [1.807, 2.05) is 13.8 Å². The molecule has 1 aliphatic rings. The SMILES string of the molecule is CCCOC(=O)[C@]1(OCC)CCCN1C(C)=O. The number of hydrogen-bond acceptors (Lipinski definition) is 4. The summed E-state index contributed by atoms with van der Waals surface area (Å²) in [5.41, 5.74) is -1.18. The van der Waals surface area contributed by atoms with Crippen molar-refractivity contribution in [3.8, 4) is 0 Å². The summed E-state index contributed by atoms with van der Waals surface area (Å²) in [6, 6.07) is 0. The van der Waals surface area contributed by atoms with Crippen molar-refractivity contribution in [2.24, 2.45) is 0 Å². The molecule has 1 heterocycles. The van der Waals surface area contributed by atoms with E-state index in [1.165, 1.54) is 11.8 Å². The van der Waals surface area contributed by atoms with E-state index in [0.717, 1.165) is 12.8 Å². The fourth-order valence-corrected chi connectivity index (χ4v) is 2.17. The van der Waals surface area contributed by atoms with Gasteiger partial charge in [-0.2, -0.15) is 0 Å². The molecule has 1 amide bonds. The highest BCUT2D eigenvalue weighted by molar-refractivity contribution is 5.86. The Morgan fingerprint density at radius 1 is 1.35 bits per heavy atom. The van der Waals surface area contributed by atoms with E-state index >= 15 is 0 Å². The average molecular weight is 243 g/mol. The fraction of sp³-hybridized carbons (Fsp3) is 0.833. The normalized spacial score (nSPS) is 23.8. The molecule has 0 aromatic heterocycles. The summed E-state index contributed by atoms with van der Waals surface area (Å²) in [6.07, 6.45) is 2.04. The molecular formula is C12H21NO4. The molecule has 0 aliphatic carbocycles. The molecule has 1 rings (SSSR count). The van der Waals surface area contributed by atoms with Gasteiger partial charge in [0.1, 0.15) is 0 Å². The molecule has 17 heavy (non-hydrogen) atoms. The third-order valence-electron chi connectivity index (χ3n) is 2.85. The summed E-state index contributed by atoms with van der Waals surface area (Å²) in [5.74, 6) is -0.585. The zero-order chi connectivity index (χ0) is 12.9. The first-order valence-electron chi connectivity index (χ1n) is 6.18.